The Hall–Kier alpha value is -1.92. The van der Waals surface area contributed by atoms with E-state index in [-0.39, 0.29) is 0 Å². The Morgan fingerprint density at radius 2 is 2.14 bits per heavy atom. The maximum Gasteiger partial charge on any atom is 0.358 e. The Bertz CT molecular complexity index is 381. The smallest absolute Gasteiger partial charge is 0.358 e. The van der Waals surface area contributed by atoms with E-state index >= 15 is 0 Å². The first-order valence-corrected chi connectivity index (χ1v) is 3.44. The molecule has 1 heterocycles. The van der Waals surface area contributed by atoms with E-state index < -0.39 is 35.1 Å². The molecule has 0 aliphatic heterocycles. The lowest BCUT2D eigenvalue weighted by Gasteiger charge is -2.07. The van der Waals surface area contributed by atoms with Crippen LogP contribution in [0, 0.1) is 0 Å². The third kappa shape index (κ3) is 1.56. The van der Waals surface area contributed by atoms with E-state index in [2.05, 4.69) is 4.98 Å². The number of pyridine rings is 1. The highest BCUT2D eigenvalue weighted by atomic mass is 19.3. The zero-order chi connectivity index (χ0) is 10.9. The Morgan fingerprint density at radius 1 is 1.57 bits per heavy atom. The quantitative estimate of drug-likeness (QED) is 0.667. The molecule has 14 heavy (non-hydrogen) atoms. The van der Waals surface area contributed by atoms with Crippen molar-refractivity contribution in [1.29, 1.82) is 0 Å². The van der Waals surface area contributed by atoms with Gasteiger partial charge in [-0.3, -0.25) is 0 Å². The van der Waals surface area contributed by atoms with Gasteiger partial charge in [-0.2, -0.15) is 0 Å². The summed E-state index contributed by atoms with van der Waals surface area (Å²) in [6, 6.07) is 0. The van der Waals surface area contributed by atoms with Crippen molar-refractivity contribution in [1.82, 2.24) is 4.98 Å². The standard InChI is InChI=1S/C7H6F2N2O3/c8-6(9)2-1-11-4(7(13)14)5(12)3(2)10/h1,6,12H,(H2,10,11)(H,13,14). The van der Waals surface area contributed by atoms with Crippen LogP contribution >= 0.6 is 0 Å². The summed E-state index contributed by atoms with van der Waals surface area (Å²) in [6.45, 7) is 0. The fraction of sp³-hybridized carbons (Fsp3) is 0.143. The van der Waals surface area contributed by atoms with Crippen molar-refractivity contribution in [2.75, 3.05) is 5.73 Å². The first-order chi connectivity index (χ1) is 6.45. The van der Waals surface area contributed by atoms with Gasteiger partial charge in [-0.1, -0.05) is 0 Å². The van der Waals surface area contributed by atoms with Crippen LogP contribution in [0.3, 0.4) is 0 Å². The van der Waals surface area contributed by atoms with Gasteiger partial charge in [0.05, 0.1) is 11.3 Å². The summed E-state index contributed by atoms with van der Waals surface area (Å²) in [5, 5.41) is 17.6. The number of nitrogen functional groups attached to an aromatic ring is 1. The Kier molecular flexibility index (Phi) is 2.50. The van der Waals surface area contributed by atoms with E-state index in [0.29, 0.717) is 6.20 Å². The van der Waals surface area contributed by atoms with Crippen LogP contribution in [0.4, 0.5) is 14.5 Å². The monoisotopic (exact) mass is 204 g/mol. The number of carbonyl (C=O) groups is 1. The number of aromatic hydroxyl groups is 1. The minimum Gasteiger partial charge on any atom is -0.504 e. The van der Waals surface area contributed by atoms with E-state index in [1.807, 2.05) is 0 Å². The fourth-order valence-electron chi connectivity index (χ4n) is 0.859. The van der Waals surface area contributed by atoms with Crippen molar-refractivity contribution in [2.24, 2.45) is 0 Å². The fourth-order valence-corrected chi connectivity index (χ4v) is 0.859. The van der Waals surface area contributed by atoms with Crippen molar-refractivity contribution in [2.45, 2.75) is 6.43 Å². The van der Waals surface area contributed by atoms with Gasteiger partial charge in [0.2, 0.25) is 0 Å². The SMILES string of the molecule is Nc1c(C(F)F)cnc(C(=O)O)c1O. The molecule has 0 radical (unpaired) electrons. The lowest BCUT2D eigenvalue weighted by atomic mass is 10.2. The largest absolute Gasteiger partial charge is 0.504 e. The number of rotatable bonds is 2. The number of anilines is 1. The molecule has 0 fully saturated rings. The summed E-state index contributed by atoms with van der Waals surface area (Å²) in [5.74, 6) is -2.47. The minimum atomic E-state index is -2.91. The number of aromatic carboxylic acids is 1. The van der Waals surface area contributed by atoms with Gasteiger partial charge in [-0.15, -0.1) is 0 Å². The molecule has 1 rings (SSSR count). The second kappa shape index (κ2) is 3.44. The lowest BCUT2D eigenvalue weighted by molar-refractivity contribution is 0.0686. The summed E-state index contributed by atoms with van der Waals surface area (Å²) in [5.41, 5.74) is 3.00. The summed E-state index contributed by atoms with van der Waals surface area (Å²) >= 11 is 0. The van der Waals surface area contributed by atoms with Crippen molar-refractivity contribution in [3.63, 3.8) is 0 Å². The van der Waals surface area contributed by atoms with Gasteiger partial charge in [0.1, 0.15) is 0 Å². The van der Waals surface area contributed by atoms with Gasteiger partial charge in [0, 0.05) is 6.20 Å². The lowest BCUT2D eigenvalue weighted by Crippen LogP contribution is -2.05. The molecule has 0 unspecified atom stereocenters. The van der Waals surface area contributed by atoms with Gasteiger partial charge in [0.15, 0.2) is 11.4 Å². The van der Waals surface area contributed by atoms with Crippen LogP contribution < -0.4 is 5.73 Å². The number of nitrogens with two attached hydrogens (primary N) is 1. The van der Waals surface area contributed by atoms with Crippen molar-refractivity contribution in [3.8, 4) is 5.75 Å². The highest BCUT2D eigenvalue weighted by Crippen LogP contribution is 2.32. The van der Waals surface area contributed by atoms with Gasteiger partial charge in [-0.25, -0.2) is 18.6 Å². The maximum atomic E-state index is 12.2. The molecule has 0 saturated heterocycles. The molecule has 5 nitrogen and oxygen atoms in total. The average Bonchev–Trinajstić information content (AvgIpc) is 2.08. The predicted octanol–water partition coefficient (Wildman–Crippen LogP) is 1.01. The number of carboxylic acid groups (broad SMARTS) is 1. The molecule has 0 bridgehead atoms. The van der Waals surface area contributed by atoms with E-state index in [1.54, 1.807) is 0 Å². The molecule has 76 valence electrons. The minimum absolute atomic E-state index is 0.628. The molecule has 4 N–H and O–H groups in total. The molecule has 0 amide bonds. The number of aromatic nitrogens is 1. The van der Waals surface area contributed by atoms with Crippen LogP contribution in [0.25, 0.3) is 0 Å². The van der Waals surface area contributed by atoms with E-state index in [9.17, 15) is 13.6 Å². The van der Waals surface area contributed by atoms with Gasteiger partial charge < -0.3 is 15.9 Å². The number of halogens is 2. The number of nitrogens with zero attached hydrogens (tertiary/aromatic N) is 1. The Morgan fingerprint density at radius 3 is 2.57 bits per heavy atom. The predicted molar refractivity (Wildman–Crippen MR) is 42.2 cm³/mol. The second-order valence-electron chi connectivity index (χ2n) is 2.43. The van der Waals surface area contributed by atoms with Crippen molar-refractivity contribution in [3.05, 3.63) is 17.5 Å². The third-order valence-corrected chi connectivity index (χ3v) is 1.56. The first kappa shape index (κ1) is 10.2. The Balaban J connectivity index is 3.33. The van der Waals surface area contributed by atoms with Crippen molar-refractivity contribution >= 4 is 11.7 Å². The van der Waals surface area contributed by atoms with E-state index in [0.717, 1.165) is 0 Å². The molecule has 0 atom stereocenters. The average molecular weight is 204 g/mol. The molecule has 0 spiro atoms. The van der Waals surface area contributed by atoms with E-state index in [1.165, 1.54) is 0 Å². The third-order valence-electron chi connectivity index (χ3n) is 1.56. The summed E-state index contributed by atoms with van der Waals surface area (Å²) < 4.78 is 24.3. The molecular formula is C7H6F2N2O3. The van der Waals surface area contributed by atoms with Crippen molar-refractivity contribution < 1.29 is 23.8 Å². The van der Waals surface area contributed by atoms with E-state index in [4.69, 9.17) is 15.9 Å². The first-order valence-electron chi connectivity index (χ1n) is 3.44. The Labute approximate surface area is 76.8 Å². The zero-order valence-corrected chi connectivity index (χ0v) is 6.74. The van der Waals surface area contributed by atoms with Crippen LogP contribution in [0.1, 0.15) is 22.5 Å². The number of hydrogen-bond acceptors (Lipinski definition) is 4. The zero-order valence-electron chi connectivity index (χ0n) is 6.74. The van der Waals surface area contributed by atoms with Crippen LogP contribution in [0.5, 0.6) is 5.75 Å². The normalized spacial score (nSPS) is 10.5. The molecule has 0 saturated carbocycles. The summed E-state index contributed by atoms with van der Waals surface area (Å²) in [6.07, 6.45) is -2.28. The molecule has 7 heteroatoms. The van der Waals surface area contributed by atoms with Gasteiger partial charge in [0.25, 0.3) is 6.43 Å². The maximum absolute atomic E-state index is 12.2. The number of alkyl halides is 2. The summed E-state index contributed by atoms with van der Waals surface area (Å²) in [7, 11) is 0. The van der Waals surface area contributed by atoms with Crippen LogP contribution in [0.15, 0.2) is 6.20 Å². The topological polar surface area (TPSA) is 96.4 Å². The van der Waals surface area contributed by atoms with Crippen LogP contribution in [0.2, 0.25) is 0 Å². The molecule has 1 aromatic rings. The summed E-state index contributed by atoms with van der Waals surface area (Å²) in [4.78, 5) is 13.5. The second-order valence-corrected chi connectivity index (χ2v) is 2.43. The number of carboxylic acids is 1. The molecular weight excluding hydrogens is 198 g/mol. The molecule has 0 aliphatic rings. The van der Waals surface area contributed by atoms with Gasteiger partial charge in [-0.05, 0) is 0 Å². The molecule has 1 aromatic heterocycles. The van der Waals surface area contributed by atoms with Crippen LogP contribution in [-0.4, -0.2) is 21.2 Å². The highest BCUT2D eigenvalue weighted by molar-refractivity contribution is 5.91. The molecule has 0 aromatic carbocycles. The van der Waals surface area contributed by atoms with Crippen LogP contribution in [-0.2, 0) is 0 Å². The number of hydrogen-bond donors (Lipinski definition) is 3. The highest BCUT2D eigenvalue weighted by Gasteiger charge is 2.20. The van der Waals surface area contributed by atoms with Gasteiger partial charge >= 0.3 is 5.97 Å². The molecule has 0 aliphatic carbocycles.